The Morgan fingerprint density at radius 3 is 2.52 bits per heavy atom. The van der Waals surface area contributed by atoms with Gasteiger partial charge in [0.2, 0.25) is 0 Å². The van der Waals surface area contributed by atoms with Gasteiger partial charge in [-0.3, -0.25) is 0 Å². The molecular formula is C16H19F3N2OS. The van der Waals surface area contributed by atoms with Crippen LogP contribution >= 0.6 is 12.2 Å². The van der Waals surface area contributed by atoms with E-state index >= 15 is 0 Å². The van der Waals surface area contributed by atoms with Crippen LogP contribution in [0.1, 0.15) is 32.1 Å². The van der Waals surface area contributed by atoms with Gasteiger partial charge in [0.1, 0.15) is 5.75 Å². The lowest BCUT2D eigenvalue weighted by Gasteiger charge is -2.15. The fourth-order valence-corrected chi connectivity index (χ4v) is 2.60. The molecule has 7 heteroatoms. The van der Waals surface area contributed by atoms with Crippen LogP contribution in [0.4, 0.5) is 18.9 Å². The Hall–Kier alpha value is -1.76. The van der Waals surface area contributed by atoms with E-state index in [0.29, 0.717) is 10.8 Å². The molecule has 0 aliphatic heterocycles. The van der Waals surface area contributed by atoms with Gasteiger partial charge in [-0.2, -0.15) is 0 Å². The molecule has 0 saturated carbocycles. The molecule has 126 valence electrons. The molecule has 1 aliphatic rings. The van der Waals surface area contributed by atoms with Crippen LogP contribution in [0, 0.1) is 0 Å². The van der Waals surface area contributed by atoms with E-state index in [1.807, 2.05) is 0 Å². The summed E-state index contributed by atoms with van der Waals surface area (Å²) < 4.78 is 40.0. The molecular weight excluding hydrogens is 325 g/mol. The largest absolute Gasteiger partial charge is 0.573 e. The van der Waals surface area contributed by atoms with Crippen molar-refractivity contribution in [2.75, 3.05) is 11.9 Å². The van der Waals surface area contributed by atoms with Gasteiger partial charge in [0, 0.05) is 12.2 Å². The number of allylic oxidation sites excluding steroid dienone is 1. The first-order valence-corrected chi connectivity index (χ1v) is 7.92. The minimum Gasteiger partial charge on any atom is -0.406 e. The summed E-state index contributed by atoms with van der Waals surface area (Å²) in [6.07, 6.45) is 3.40. The smallest absolute Gasteiger partial charge is 0.406 e. The molecule has 0 spiro atoms. The Kier molecular flexibility index (Phi) is 6.27. The quantitative estimate of drug-likeness (QED) is 0.596. The van der Waals surface area contributed by atoms with Crippen molar-refractivity contribution in [3.63, 3.8) is 0 Å². The van der Waals surface area contributed by atoms with E-state index in [1.54, 1.807) is 0 Å². The zero-order valence-corrected chi connectivity index (χ0v) is 13.4. The van der Waals surface area contributed by atoms with Gasteiger partial charge >= 0.3 is 6.36 Å². The Bertz CT molecular complexity index is 555. The molecule has 2 rings (SSSR count). The number of nitrogens with one attached hydrogen (secondary N) is 2. The molecule has 0 bridgehead atoms. The fraction of sp³-hybridized carbons (Fsp3) is 0.438. The van der Waals surface area contributed by atoms with Crippen molar-refractivity contribution in [2.45, 2.75) is 38.5 Å². The SMILES string of the molecule is FC(F)(F)Oc1ccc(NC(=S)NCCC2=CCCCC2)cc1. The maximum absolute atomic E-state index is 12.1. The van der Waals surface area contributed by atoms with Crippen LogP contribution in [0.5, 0.6) is 5.75 Å². The third-order valence-electron chi connectivity index (χ3n) is 3.46. The Balaban J connectivity index is 1.73. The summed E-state index contributed by atoms with van der Waals surface area (Å²) in [6.45, 7) is 0.743. The Morgan fingerprint density at radius 2 is 1.91 bits per heavy atom. The van der Waals surface area contributed by atoms with Gasteiger partial charge in [0.05, 0.1) is 0 Å². The molecule has 0 heterocycles. The van der Waals surface area contributed by atoms with E-state index in [0.717, 1.165) is 25.8 Å². The molecule has 0 atom stereocenters. The number of halogens is 3. The van der Waals surface area contributed by atoms with E-state index < -0.39 is 6.36 Å². The second-order valence-corrected chi connectivity index (χ2v) is 5.72. The van der Waals surface area contributed by atoms with Gasteiger partial charge in [-0.25, -0.2) is 0 Å². The molecule has 3 nitrogen and oxygen atoms in total. The highest BCUT2D eigenvalue weighted by Crippen LogP contribution is 2.24. The highest BCUT2D eigenvalue weighted by molar-refractivity contribution is 7.80. The van der Waals surface area contributed by atoms with Crippen LogP contribution in [0.3, 0.4) is 0 Å². The maximum atomic E-state index is 12.1. The van der Waals surface area contributed by atoms with Crippen LogP contribution in [-0.4, -0.2) is 18.0 Å². The Labute approximate surface area is 138 Å². The van der Waals surface area contributed by atoms with Crippen LogP contribution < -0.4 is 15.4 Å². The average Bonchev–Trinajstić information content (AvgIpc) is 2.49. The lowest BCUT2D eigenvalue weighted by molar-refractivity contribution is -0.274. The van der Waals surface area contributed by atoms with Crippen LogP contribution in [0.25, 0.3) is 0 Å². The molecule has 1 aromatic rings. The normalized spacial score (nSPS) is 14.8. The summed E-state index contributed by atoms with van der Waals surface area (Å²) in [4.78, 5) is 0. The second-order valence-electron chi connectivity index (χ2n) is 5.31. The summed E-state index contributed by atoms with van der Waals surface area (Å²) >= 11 is 5.17. The number of ether oxygens (including phenoxy) is 1. The highest BCUT2D eigenvalue weighted by Gasteiger charge is 2.30. The van der Waals surface area contributed by atoms with Crippen molar-refractivity contribution in [3.8, 4) is 5.75 Å². The van der Waals surface area contributed by atoms with Gasteiger partial charge < -0.3 is 15.4 Å². The first-order chi connectivity index (χ1) is 10.9. The predicted octanol–water partition coefficient (Wildman–Crippen LogP) is 4.76. The molecule has 0 aromatic heterocycles. The summed E-state index contributed by atoms with van der Waals surface area (Å²) in [5, 5.41) is 6.48. The van der Waals surface area contributed by atoms with Gasteiger partial charge in [0.25, 0.3) is 0 Å². The van der Waals surface area contributed by atoms with E-state index in [-0.39, 0.29) is 5.75 Å². The highest BCUT2D eigenvalue weighted by atomic mass is 32.1. The zero-order chi connectivity index (χ0) is 16.7. The van der Waals surface area contributed by atoms with Crippen molar-refractivity contribution in [3.05, 3.63) is 35.9 Å². The Morgan fingerprint density at radius 1 is 1.17 bits per heavy atom. The molecule has 0 radical (unpaired) electrons. The lowest BCUT2D eigenvalue weighted by atomic mass is 9.97. The number of alkyl halides is 3. The van der Waals surface area contributed by atoms with Gasteiger partial charge in [0.15, 0.2) is 5.11 Å². The molecule has 23 heavy (non-hydrogen) atoms. The standard InChI is InChI=1S/C16H19F3N2OS/c17-16(18,19)22-14-8-6-13(7-9-14)21-15(23)20-11-10-12-4-2-1-3-5-12/h4,6-9H,1-3,5,10-11H2,(H2,20,21,23). The monoisotopic (exact) mass is 344 g/mol. The molecule has 1 aliphatic carbocycles. The van der Waals surface area contributed by atoms with Crippen molar-refractivity contribution < 1.29 is 17.9 Å². The second kappa shape index (κ2) is 8.19. The minimum atomic E-state index is -4.68. The zero-order valence-electron chi connectivity index (χ0n) is 12.6. The van der Waals surface area contributed by atoms with Gasteiger partial charge in [-0.05, 0) is 68.6 Å². The molecule has 0 saturated heterocycles. The van der Waals surface area contributed by atoms with E-state index in [1.165, 1.54) is 42.7 Å². The number of benzene rings is 1. The van der Waals surface area contributed by atoms with E-state index in [4.69, 9.17) is 12.2 Å². The predicted molar refractivity (Wildman–Crippen MR) is 88.5 cm³/mol. The topological polar surface area (TPSA) is 33.3 Å². The molecule has 1 aromatic carbocycles. The number of rotatable bonds is 5. The van der Waals surface area contributed by atoms with Crippen molar-refractivity contribution in [1.29, 1.82) is 0 Å². The number of hydrogen-bond donors (Lipinski definition) is 2. The van der Waals surface area contributed by atoms with Crippen molar-refractivity contribution in [1.82, 2.24) is 5.32 Å². The average molecular weight is 344 g/mol. The maximum Gasteiger partial charge on any atom is 0.573 e. The molecule has 0 fully saturated rings. The fourth-order valence-electron chi connectivity index (χ4n) is 2.38. The van der Waals surface area contributed by atoms with E-state index in [2.05, 4.69) is 21.4 Å². The first-order valence-electron chi connectivity index (χ1n) is 7.51. The third-order valence-corrected chi connectivity index (χ3v) is 3.71. The van der Waals surface area contributed by atoms with E-state index in [9.17, 15) is 13.2 Å². The lowest BCUT2D eigenvalue weighted by Crippen LogP contribution is -2.29. The number of anilines is 1. The number of thiocarbonyl (C=S) groups is 1. The van der Waals surface area contributed by atoms with Crippen LogP contribution in [-0.2, 0) is 0 Å². The van der Waals surface area contributed by atoms with Gasteiger partial charge in [-0.1, -0.05) is 11.6 Å². The van der Waals surface area contributed by atoms with Crippen molar-refractivity contribution in [2.24, 2.45) is 0 Å². The molecule has 0 unspecified atom stereocenters. The van der Waals surface area contributed by atoms with Crippen LogP contribution in [0.2, 0.25) is 0 Å². The van der Waals surface area contributed by atoms with Crippen LogP contribution in [0.15, 0.2) is 35.9 Å². The van der Waals surface area contributed by atoms with Crippen molar-refractivity contribution >= 4 is 23.0 Å². The molecule has 2 N–H and O–H groups in total. The van der Waals surface area contributed by atoms with Gasteiger partial charge in [-0.15, -0.1) is 13.2 Å². The third kappa shape index (κ3) is 6.90. The molecule has 0 amide bonds. The minimum absolute atomic E-state index is 0.258. The summed E-state index contributed by atoms with van der Waals surface area (Å²) in [5.41, 5.74) is 2.06. The summed E-state index contributed by atoms with van der Waals surface area (Å²) in [7, 11) is 0. The first kappa shape index (κ1) is 17.6. The summed E-state index contributed by atoms with van der Waals surface area (Å²) in [5.74, 6) is -0.258. The number of hydrogen-bond acceptors (Lipinski definition) is 2. The summed E-state index contributed by atoms with van der Waals surface area (Å²) in [6, 6.07) is 5.45.